The van der Waals surface area contributed by atoms with Gasteiger partial charge in [0, 0.05) is 24.0 Å². The van der Waals surface area contributed by atoms with Gasteiger partial charge < -0.3 is 23.8 Å². The Bertz CT molecular complexity index is 833. The Morgan fingerprint density at radius 2 is 1.27 bits per heavy atom. The highest BCUT2D eigenvalue weighted by molar-refractivity contribution is 5.51. The summed E-state index contributed by atoms with van der Waals surface area (Å²) in [5.41, 5.74) is 5.46. The van der Waals surface area contributed by atoms with E-state index in [2.05, 4.69) is 24.3 Å². The molecule has 0 amide bonds. The van der Waals surface area contributed by atoms with Crippen molar-refractivity contribution in [2.75, 3.05) is 35.0 Å². The molecule has 2 aromatic carbocycles. The van der Waals surface area contributed by atoms with E-state index in [9.17, 15) is 0 Å². The van der Waals surface area contributed by atoms with Crippen molar-refractivity contribution in [2.45, 2.75) is 25.4 Å². The first-order chi connectivity index (χ1) is 12.7. The van der Waals surface area contributed by atoms with E-state index in [4.69, 9.17) is 18.9 Å². The van der Waals surface area contributed by atoms with Crippen LogP contribution in [-0.2, 0) is 19.4 Å². The van der Waals surface area contributed by atoms with Crippen molar-refractivity contribution in [1.82, 2.24) is 0 Å². The molecule has 1 N–H and O–H groups in total. The molecule has 2 aliphatic heterocycles. The van der Waals surface area contributed by atoms with Gasteiger partial charge in [-0.3, -0.25) is 0 Å². The number of quaternary nitrogens is 1. The van der Waals surface area contributed by atoms with E-state index in [0.717, 1.165) is 48.9 Å². The third-order valence-electron chi connectivity index (χ3n) is 5.78. The zero-order chi connectivity index (χ0) is 18.3. The van der Waals surface area contributed by atoms with Gasteiger partial charge in [-0.25, -0.2) is 0 Å². The van der Waals surface area contributed by atoms with Gasteiger partial charge in [-0.15, -0.1) is 0 Å². The molecule has 0 aromatic heterocycles. The number of hydrogen-bond acceptors (Lipinski definition) is 4. The molecule has 4 rings (SSSR count). The number of ether oxygens (including phenoxy) is 4. The smallest absolute Gasteiger partial charge is 0.161 e. The van der Waals surface area contributed by atoms with Crippen molar-refractivity contribution in [2.24, 2.45) is 0 Å². The van der Waals surface area contributed by atoms with E-state index in [1.54, 1.807) is 33.3 Å². The molecule has 2 aromatic rings. The molecule has 0 aliphatic carbocycles. The molecule has 2 atom stereocenters. The van der Waals surface area contributed by atoms with Gasteiger partial charge in [-0.1, -0.05) is 0 Å². The molecule has 26 heavy (non-hydrogen) atoms. The van der Waals surface area contributed by atoms with Crippen LogP contribution in [0.25, 0.3) is 0 Å². The fourth-order valence-corrected chi connectivity index (χ4v) is 4.42. The van der Waals surface area contributed by atoms with E-state index in [-0.39, 0.29) is 0 Å². The summed E-state index contributed by atoms with van der Waals surface area (Å²) in [6, 6.07) is 9.03. The van der Waals surface area contributed by atoms with Crippen LogP contribution in [-0.4, -0.2) is 35.0 Å². The van der Waals surface area contributed by atoms with Crippen LogP contribution >= 0.6 is 0 Å². The lowest BCUT2D eigenvalue weighted by molar-refractivity contribution is -0.949. The first-order valence-electron chi connectivity index (χ1n) is 9.01. The first-order valence-corrected chi connectivity index (χ1v) is 9.01. The van der Waals surface area contributed by atoms with Gasteiger partial charge in [0.15, 0.2) is 23.0 Å². The Balaban J connectivity index is 1.75. The van der Waals surface area contributed by atoms with Crippen LogP contribution in [0, 0.1) is 0 Å². The maximum atomic E-state index is 5.55. The molecule has 2 aliphatic rings. The summed E-state index contributed by atoms with van der Waals surface area (Å²) in [5, 5.41) is 0. The molecule has 0 saturated heterocycles. The second kappa shape index (κ2) is 6.72. The van der Waals surface area contributed by atoms with E-state index in [1.807, 2.05) is 0 Å². The van der Waals surface area contributed by atoms with Crippen LogP contribution < -0.4 is 23.8 Å². The van der Waals surface area contributed by atoms with Crippen molar-refractivity contribution in [3.05, 3.63) is 46.5 Å². The molecule has 0 saturated carbocycles. The SMILES string of the molecule is COc1cc2c(cc1OC)C[NH+]1CCc3cc(OC)c(OC)cc3[C@@H]1C2. The largest absolute Gasteiger partial charge is 0.493 e. The van der Waals surface area contributed by atoms with E-state index in [0.29, 0.717) is 6.04 Å². The van der Waals surface area contributed by atoms with Crippen LogP contribution in [0.2, 0.25) is 0 Å². The highest BCUT2D eigenvalue weighted by Gasteiger charge is 2.37. The number of fused-ring (bicyclic) bond motifs is 4. The Kier molecular flexibility index (Phi) is 4.41. The minimum absolute atomic E-state index is 0.434. The van der Waals surface area contributed by atoms with Crippen LogP contribution in [0.4, 0.5) is 0 Å². The zero-order valence-electron chi connectivity index (χ0n) is 15.8. The molecular weight excluding hydrogens is 330 g/mol. The standard InChI is InChI=1S/C21H25NO4/c1-23-18-8-13-5-6-22-12-15-10-20(25-3)19(24-2)9-14(15)7-17(22)16(13)11-21(18)26-4/h8-11,17H,5-7,12H2,1-4H3/p+1/t17-/m0/s1. The maximum Gasteiger partial charge on any atom is 0.161 e. The number of benzene rings is 2. The van der Waals surface area contributed by atoms with Gasteiger partial charge in [0.25, 0.3) is 0 Å². The van der Waals surface area contributed by atoms with Crippen LogP contribution in [0.5, 0.6) is 23.0 Å². The predicted molar refractivity (Wildman–Crippen MR) is 98.8 cm³/mol. The number of methoxy groups -OCH3 is 4. The van der Waals surface area contributed by atoms with E-state index >= 15 is 0 Å². The summed E-state index contributed by atoms with van der Waals surface area (Å²) >= 11 is 0. The monoisotopic (exact) mass is 356 g/mol. The minimum Gasteiger partial charge on any atom is -0.493 e. The Hall–Kier alpha value is -2.40. The Morgan fingerprint density at radius 3 is 1.88 bits per heavy atom. The molecule has 138 valence electrons. The van der Waals surface area contributed by atoms with E-state index < -0.39 is 0 Å². The van der Waals surface area contributed by atoms with Gasteiger partial charge in [-0.2, -0.15) is 0 Å². The van der Waals surface area contributed by atoms with Gasteiger partial charge in [-0.05, 0) is 35.4 Å². The van der Waals surface area contributed by atoms with E-state index in [1.165, 1.54) is 22.3 Å². The Labute approximate surface area is 154 Å². The highest BCUT2D eigenvalue weighted by Crippen LogP contribution is 2.38. The first kappa shape index (κ1) is 17.0. The summed E-state index contributed by atoms with van der Waals surface area (Å²) in [5.74, 6) is 3.24. The summed E-state index contributed by atoms with van der Waals surface area (Å²) < 4.78 is 22.0. The molecule has 0 spiro atoms. The summed E-state index contributed by atoms with van der Waals surface area (Å²) in [4.78, 5) is 1.60. The van der Waals surface area contributed by atoms with Gasteiger partial charge in [0.1, 0.15) is 12.6 Å². The molecule has 2 heterocycles. The second-order valence-electron chi connectivity index (χ2n) is 6.97. The topological polar surface area (TPSA) is 41.4 Å². The molecule has 0 bridgehead atoms. The fraction of sp³-hybridized carbons (Fsp3) is 0.429. The number of nitrogens with one attached hydrogen (secondary N) is 1. The zero-order valence-corrected chi connectivity index (χ0v) is 15.8. The van der Waals surface area contributed by atoms with Gasteiger partial charge in [0.2, 0.25) is 0 Å². The van der Waals surface area contributed by atoms with Crippen molar-refractivity contribution >= 4 is 0 Å². The Morgan fingerprint density at radius 1 is 0.731 bits per heavy atom. The average Bonchev–Trinajstić information content (AvgIpc) is 2.69. The fourth-order valence-electron chi connectivity index (χ4n) is 4.42. The van der Waals surface area contributed by atoms with Gasteiger partial charge >= 0.3 is 0 Å². The summed E-state index contributed by atoms with van der Waals surface area (Å²) in [7, 11) is 6.78. The molecule has 1 unspecified atom stereocenters. The van der Waals surface area contributed by atoms with Gasteiger partial charge in [0.05, 0.1) is 35.0 Å². The molecule has 0 fully saturated rings. The maximum absolute atomic E-state index is 5.55. The molecule has 5 nitrogen and oxygen atoms in total. The quantitative estimate of drug-likeness (QED) is 0.909. The third-order valence-corrected chi connectivity index (χ3v) is 5.78. The molecule has 0 radical (unpaired) electrons. The van der Waals surface area contributed by atoms with Crippen molar-refractivity contribution in [1.29, 1.82) is 0 Å². The second-order valence-corrected chi connectivity index (χ2v) is 6.97. The minimum atomic E-state index is 0.434. The van der Waals surface area contributed by atoms with Crippen LogP contribution in [0.3, 0.4) is 0 Å². The lowest BCUT2D eigenvalue weighted by Crippen LogP contribution is -3.13. The predicted octanol–water partition coefficient (Wildman–Crippen LogP) is 1.96. The highest BCUT2D eigenvalue weighted by atomic mass is 16.5. The van der Waals surface area contributed by atoms with Crippen molar-refractivity contribution in [3.63, 3.8) is 0 Å². The summed E-state index contributed by atoms with van der Waals surface area (Å²) in [6.45, 7) is 2.13. The number of hydrogen-bond donors (Lipinski definition) is 1. The number of rotatable bonds is 4. The third kappa shape index (κ3) is 2.67. The summed E-state index contributed by atoms with van der Waals surface area (Å²) in [6.07, 6.45) is 2.05. The lowest BCUT2D eigenvalue weighted by Gasteiger charge is -2.39. The molecule has 5 heteroatoms. The average molecular weight is 356 g/mol. The van der Waals surface area contributed by atoms with Crippen LogP contribution in [0.15, 0.2) is 24.3 Å². The normalized spacial score (nSPS) is 20.5. The van der Waals surface area contributed by atoms with Crippen molar-refractivity contribution < 1.29 is 23.8 Å². The van der Waals surface area contributed by atoms with Crippen LogP contribution in [0.1, 0.15) is 28.3 Å². The molecular formula is C21H26NO4+. The lowest BCUT2D eigenvalue weighted by atomic mass is 9.83. The van der Waals surface area contributed by atoms with Crippen molar-refractivity contribution in [3.8, 4) is 23.0 Å².